The topological polar surface area (TPSA) is 64.3 Å². The molecule has 1 saturated heterocycles. The number of hydrogen-bond acceptors (Lipinski definition) is 5. The van der Waals surface area contributed by atoms with Gasteiger partial charge in [-0.15, -0.1) is 0 Å². The Morgan fingerprint density at radius 2 is 1.94 bits per heavy atom. The Morgan fingerprint density at radius 1 is 1.08 bits per heavy atom. The van der Waals surface area contributed by atoms with E-state index in [0.717, 1.165) is 89.1 Å². The van der Waals surface area contributed by atoms with Crippen LogP contribution in [0.25, 0.3) is 29.2 Å². The van der Waals surface area contributed by atoms with Gasteiger partial charge in [0.05, 0.1) is 50.6 Å². The van der Waals surface area contributed by atoms with Gasteiger partial charge in [0.25, 0.3) is 0 Å². The van der Waals surface area contributed by atoms with Crippen molar-refractivity contribution >= 4 is 29.2 Å². The molecule has 0 atom stereocenters. The second-order valence-corrected chi connectivity index (χ2v) is 9.57. The Balaban J connectivity index is 1.61. The molecule has 0 bridgehead atoms. The molecular weight excluding hydrogens is 453 g/mol. The van der Waals surface area contributed by atoms with Gasteiger partial charge in [-0.05, 0) is 75.4 Å². The highest BCUT2D eigenvalue weighted by Crippen LogP contribution is 2.28. The first-order valence-electron chi connectivity index (χ1n) is 12.8. The number of nitrogens with zero attached hydrogens (tertiary/aromatic N) is 4. The molecule has 184 valence electrons. The fraction of sp³-hybridized carbons (Fsp3) is 0.345. The van der Waals surface area contributed by atoms with Crippen molar-refractivity contribution in [2.75, 3.05) is 18.5 Å². The van der Waals surface area contributed by atoms with E-state index in [4.69, 9.17) is 14.7 Å². The number of anilines is 2. The number of aryl methyl sites for hydroxylation is 1. The molecule has 0 aromatic carbocycles. The van der Waals surface area contributed by atoms with Crippen LogP contribution in [0.1, 0.15) is 44.2 Å². The molecular formula is C29H30FN5O. The number of hydrogen-bond donors (Lipinski definition) is 1. The highest BCUT2D eigenvalue weighted by Gasteiger charge is 2.20. The van der Waals surface area contributed by atoms with Gasteiger partial charge in [-0.2, -0.15) is 0 Å². The molecule has 1 N–H and O–H groups in total. The maximum absolute atomic E-state index is 13.9. The normalized spacial score (nSPS) is 18.7. The van der Waals surface area contributed by atoms with Crippen LogP contribution in [0.15, 0.2) is 53.4 Å². The van der Waals surface area contributed by atoms with Gasteiger partial charge in [0, 0.05) is 31.5 Å². The second kappa shape index (κ2) is 9.82. The molecule has 0 unspecified atom stereocenters. The minimum atomic E-state index is -0.0735. The van der Waals surface area contributed by atoms with Gasteiger partial charge in [-0.25, -0.2) is 9.37 Å². The number of rotatable bonds is 4. The van der Waals surface area contributed by atoms with E-state index in [1.807, 2.05) is 25.1 Å². The first-order valence-corrected chi connectivity index (χ1v) is 12.8. The van der Waals surface area contributed by atoms with Gasteiger partial charge in [0.15, 0.2) is 0 Å². The second-order valence-electron chi connectivity index (χ2n) is 9.57. The number of halogens is 1. The van der Waals surface area contributed by atoms with Crippen molar-refractivity contribution in [3.63, 3.8) is 0 Å². The van der Waals surface area contributed by atoms with E-state index in [1.54, 1.807) is 12.3 Å². The van der Waals surface area contributed by atoms with Gasteiger partial charge in [0.1, 0.15) is 5.83 Å². The average molecular weight is 484 g/mol. The summed E-state index contributed by atoms with van der Waals surface area (Å²) in [5.41, 5.74) is 5.72. The predicted molar refractivity (Wildman–Crippen MR) is 141 cm³/mol. The molecule has 36 heavy (non-hydrogen) atoms. The molecule has 5 aliphatic rings. The number of ether oxygens (including phenoxy) is 1. The average Bonchev–Trinajstić information content (AvgIpc) is 2.90. The molecule has 0 amide bonds. The van der Waals surface area contributed by atoms with Crippen molar-refractivity contribution in [3.8, 4) is 11.4 Å². The predicted octanol–water partition coefficient (Wildman–Crippen LogP) is 4.36. The monoisotopic (exact) mass is 483 g/mol. The largest absolute Gasteiger partial charge is 0.381 e. The molecule has 6 nitrogen and oxygen atoms in total. The zero-order chi connectivity index (χ0) is 24.5. The SMILES string of the molecule is Cc1ncccc1Nc1cc2nc3c(n(C4=CC=C(F)CC4)c-2c/c1=N\C1CCOCC1)=CCCC=3. The van der Waals surface area contributed by atoms with Crippen LogP contribution in [0.2, 0.25) is 0 Å². The zero-order valence-corrected chi connectivity index (χ0v) is 20.5. The number of pyridine rings is 1. The van der Waals surface area contributed by atoms with Crippen molar-refractivity contribution < 1.29 is 9.13 Å². The van der Waals surface area contributed by atoms with Crippen LogP contribution in [-0.2, 0) is 4.74 Å². The maximum atomic E-state index is 13.9. The summed E-state index contributed by atoms with van der Waals surface area (Å²) < 4.78 is 21.7. The van der Waals surface area contributed by atoms with Gasteiger partial charge in [-0.1, -0.05) is 12.2 Å². The van der Waals surface area contributed by atoms with Crippen LogP contribution in [0, 0.1) is 6.92 Å². The highest BCUT2D eigenvalue weighted by molar-refractivity contribution is 5.72. The molecule has 2 aliphatic heterocycles. The molecule has 1 aromatic rings. The lowest BCUT2D eigenvalue weighted by Crippen LogP contribution is -2.41. The first kappa shape index (κ1) is 22.9. The van der Waals surface area contributed by atoms with Crippen molar-refractivity contribution in [2.45, 2.75) is 51.5 Å². The summed E-state index contributed by atoms with van der Waals surface area (Å²) in [5, 5.41) is 6.53. The van der Waals surface area contributed by atoms with E-state index in [2.05, 4.69) is 39.2 Å². The Kier molecular flexibility index (Phi) is 6.23. The standard InChI is InChI=1S/C29H30FN5O/c1-19-23(6-4-14-31-19)33-25-17-27-29(18-26(25)32-21-12-15-36-16-13-21)35(22-10-8-20(30)9-11-22)28-7-3-2-5-24(28)34-27/h4-8,10,14,17-18,21,33H,2-3,9,11-13,15-16H2,1H3/b32-26+. The van der Waals surface area contributed by atoms with E-state index in [-0.39, 0.29) is 11.9 Å². The third-order valence-electron chi connectivity index (χ3n) is 7.07. The molecule has 3 heterocycles. The summed E-state index contributed by atoms with van der Waals surface area (Å²) in [4.78, 5) is 14.7. The van der Waals surface area contributed by atoms with Crippen LogP contribution >= 0.6 is 0 Å². The summed E-state index contributed by atoms with van der Waals surface area (Å²) >= 11 is 0. The molecule has 0 spiro atoms. The summed E-state index contributed by atoms with van der Waals surface area (Å²) in [6, 6.07) is 8.41. The first-order chi connectivity index (χ1) is 17.7. The highest BCUT2D eigenvalue weighted by atomic mass is 19.1. The lowest BCUT2D eigenvalue weighted by Gasteiger charge is -2.24. The minimum absolute atomic E-state index is 0.0735. The van der Waals surface area contributed by atoms with Gasteiger partial charge in [0.2, 0.25) is 0 Å². The van der Waals surface area contributed by atoms with Crippen LogP contribution < -0.4 is 21.4 Å². The van der Waals surface area contributed by atoms with Crippen LogP contribution in [0.4, 0.5) is 15.8 Å². The quantitative estimate of drug-likeness (QED) is 0.599. The lowest BCUT2D eigenvalue weighted by molar-refractivity contribution is 0.0864. The zero-order valence-electron chi connectivity index (χ0n) is 20.5. The third kappa shape index (κ3) is 4.51. The molecule has 6 rings (SSSR count). The molecule has 7 heteroatoms. The van der Waals surface area contributed by atoms with E-state index < -0.39 is 0 Å². The van der Waals surface area contributed by atoms with Crippen molar-refractivity contribution in [2.24, 2.45) is 4.99 Å². The van der Waals surface area contributed by atoms with E-state index in [0.29, 0.717) is 12.8 Å². The van der Waals surface area contributed by atoms with Crippen LogP contribution in [0.5, 0.6) is 0 Å². The Hall–Kier alpha value is -3.58. The van der Waals surface area contributed by atoms with Gasteiger partial charge in [-0.3, -0.25) is 9.98 Å². The van der Waals surface area contributed by atoms with Crippen molar-refractivity contribution in [1.29, 1.82) is 0 Å². The van der Waals surface area contributed by atoms with Crippen LogP contribution in [-0.4, -0.2) is 33.8 Å². The summed E-state index contributed by atoms with van der Waals surface area (Å²) in [7, 11) is 0. The third-order valence-corrected chi connectivity index (χ3v) is 7.07. The van der Waals surface area contributed by atoms with Crippen molar-refractivity contribution in [1.82, 2.24) is 14.5 Å². The summed E-state index contributed by atoms with van der Waals surface area (Å²) in [6.45, 7) is 3.46. The number of benzene rings is 1. The molecule has 1 fully saturated rings. The van der Waals surface area contributed by atoms with E-state index in [9.17, 15) is 4.39 Å². The van der Waals surface area contributed by atoms with Gasteiger partial charge < -0.3 is 14.6 Å². The Morgan fingerprint density at radius 3 is 2.75 bits per heavy atom. The summed E-state index contributed by atoms with van der Waals surface area (Å²) in [6.07, 6.45) is 14.6. The van der Waals surface area contributed by atoms with E-state index in [1.165, 1.54) is 0 Å². The molecule has 1 aromatic heterocycles. The lowest BCUT2D eigenvalue weighted by atomic mass is 10.1. The minimum Gasteiger partial charge on any atom is -0.381 e. The maximum Gasteiger partial charge on any atom is 0.100 e. The van der Waals surface area contributed by atoms with Crippen LogP contribution in [0.3, 0.4) is 0 Å². The number of nitrogens with one attached hydrogen (secondary N) is 1. The van der Waals surface area contributed by atoms with E-state index >= 15 is 0 Å². The number of fused-ring (bicyclic) bond motifs is 2. The molecule has 3 aliphatic carbocycles. The smallest absolute Gasteiger partial charge is 0.100 e. The number of aromatic nitrogens is 3. The Labute approximate surface area is 209 Å². The fourth-order valence-corrected chi connectivity index (χ4v) is 5.13. The Bertz CT molecular complexity index is 1530. The fourth-order valence-electron chi connectivity index (χ4n) is 5.13. The molecule has 0 saturated carbocycles. The number of allylic oxidation sites excluding steroid dienone is 4. The van der Waals surface area contributed by atoms with Crippen molar-refractivity contribution in [3.05, 3.63) is 70.2 Å². The van der Waals surface area contributed by atoms with Gasteiger partial charge >= 0.3 is 0 Å². The summed E-state index contributed by atoms with van der Waals surface area (Å²) in [5.74, 6) is -0.0735. The molecule has 0 radical (unpaired) electrons.